The molecule has 1 unspecified atom stereocenters. The smallest absolute Gasteiger partial charge is 0.0592 e. The molecule has 2 rings (SSSR count). The van der Waals surface area contributed by atoms with Crippen molar-refractivity contribution in [1.82, 2.24) is 4.98 Å². The van der Waals surface area contributed by atoms with Crippen LogP contribution in [0.3, 0.4) is 0 Å². The second-order valence-corrected chi connectivity index (χ2v) is 5.29. The van der Waals surface area contributed by atoms with Crippen molar-refractivity contribution in [1.29, 1.82) is 0 Å². The first-order valence-electron chi connectivity index (χ1n) is 6.19. The van der Waals surface area contributed by atoms with E-state index in [0.29, 0.717) is 6.04 Å². The van der Waals surface area contributed by atoms with Crippen LogP contribution in [-0.2, 0) is 0 Å². The second kappa shape index (κ2) is 5.67. The summed E-state index contributed by atoms with van der Waals surface area (Å²) in [6, 6.07) is 2.82. The Morgan fingerprint density at radius 1 is 1.44 bits per heavy atom. The third-order valence-electron chi connectivity index (χ3n) is 3.41. The fraction of sp³-hybridized carbons (Fsp3) is 0.615. The molecular formula is C13H19BrN2. The van der Waals surface area contributed by atoms with Gasteiger partial charge in [-0.15, -0.1) is 0 Å². The molecule has 16 heavy (non-hydrogen) atoms. The van der Waals surface area contributed by atoms with Gasteiger partial charge in [0.05, 0.1) is 10.2 Å². The van der Waals surface area contributed by atoms with E-state index in [0.717, 1.165) is 4.47 Å². The normalized spacial score (nSPS) is 21.9. The molecule has 0 aromatic carbocycles. The highest BCUT2D eigenvalue weighted by molar-refractivity contribution is 9.10. The van der Waals surface area contributed by atoms with Crippen LogP contribution in [0.15, 0.2) is 22.9 Å². The number of aromatic nitrogens is 1. The van der Waals surface area contributed by atoms with E-state index in [1.54, 1.807) is 0 Å². The molecule has 1 fully saturated rings. The second-order valence-electron chi connectivity index (χ2n) is 4.43. The summed E-state index contributed by atoms with van der Waals surface area (Å²) >= 11 is 3.61. The standard InChI is InChI=1S/C13H19BrN2/c1-2-11-6-4-3-5-9-16(11)13-7-8-15-10-12(13)14/h7-8,10-11H,2-6,9H2,1H3. The topological polar surface area (TPSA) is 16.1 Å². The summed E-state index contributed by atoms with van der Waals surface area (Å²) in [7, 11) is 0. The SMILES string of the molecule is CCC1CCCCCN1c1ccncc1Br. The largest absolute Gasteiger partial charge is 0.368 e. The number of pyridine rings is 1. The molecule has 2 heterocycles. The lowest BCUT2D eigenvalue weighted by Crippen LogP contribution is -2.34. The quantitative estimate of drug-likeness (QED) is 0.815. The summed E-state index contributed by atoms with van der Waals surface area (Å²) in [6.45, 7) is 3.47. The number of halogens is 1. The number of hydrogen-bond acceptors (Lipinski definition) is 2. The third kappa shape index (κ3) is 2.57. The maximum atomic E-state index is 4.14. The first-order chi connectivity index (χ1) is 7.83. The van der Waals surface area contributed by atoms with Crippen LogP contribution >= 0.6 is 15.9 Å². The Morgan fingerprint density at radius 2 is 2.31 bits per heavy atom. The summed E-state index contributed by atoms with van der Waals surface area (Å²) in [6.07, 6.45) is 10.4. The van der Waals surface area contributed by atoms with E-state index < -0.39 is 0 Å². The van der Waals surface area contributed by atoms with Crippen molar-refractivity contribution < 1.29 is 0 Å². The van der Waals surface area contributed by atoms with E-state index in [1.165, 1.54) is 44.3 Å². The van der Waals surface area contributed by atoms with E-state index in [2.05, 4.69) is 38.8 Å². The Hall–Kier alpha value is -0.570. The van der Waals surface area contributed by atoms with Gasteiger partial charge < -0.3 is 4.90 Å². The molecule has 88 valence electrons. The Kier molecular flexibility index (Phi) is 4.22. The van der Waals surface area contributed by atoms with Crippen molar-refractivity contribution in [3.8, 4) is 0 Å². The molecule has 2 nitrogen and oxygen atoms in total. The molecule has 0 aliphatic carbocycles. The van der Waals surface area contributed by atoms with Gasteiger partial charge in [-0.2, -0.15) is 0 Å². The number of rotatable bonds is 2. The first-order valence-corrected chi connectivity index (χ1v) is 6.98. The molecule has 1 aliphatic heterocycles. The Balaban J connectivity index is 2.25. The van der Waals surface area contributed by atoms with Gasteiger partial charge in [-0.3, -0.25) is 4.98 Å². The van der Waals surface area contributed by atoms with Gasteiger partial charge in [0.15, 0.2) is 0 Å². The zero-order chi connectivity index (χ0) is 11.4. The molecule has 1 atom stereocenters. The molecule has 0 radical (unpaired) electrons. The summed E-state index contributed by atoms with van der Waals surface area (Å²) < 4.78 is 1.12. The van der Waals surface area contributed by atoms with Gasteiger partial charge in [0.2, 0.25) is 0 Å². The Morgan fingerprint density at radius 3 is 3.06 bits per heavy atom. The minimum absolute atomic E-state index is 0.696. The first kappa shape index (κ1) is 11.9. The molecule has 0 bridgehead atoms. The Labute approximate surface area is 106 Å². The molecule has 0 N–H and O–H groups in total. The average Bonchev–Trinajstić information content (AvgIpc) is 2.54. The van der Waals surface area contributed by atoms with Crippen molar-refractivity contribution in [2.75, 3.05) is 11.4 Å². The zero-order valence-electron chi connectivity index (χ0n) is 9.82. The average molecular weight is 283 g/mol. The molecule has 1 aliphatic rings. The third-order valence-corrected chi connectivity index (χ3v) is 4.02. The maximum Gasteiger partial charge on any atom is 0.0592 e. The predicted octanol–water partition coefficient (Wildman–Crippen LogP) is 4.00. The summed E-state index contributed by atoms with van der Waals surface area (Å²) in [4.78, 5) is 6.69. The molecule has 0 saturated carbocycles. The monoisotopic (exact) mass is 282 g/mol. The van der Waals surface area contributed by atoms with Crippen molar-refractivity contribution >= 4 is 21.6 Å². The van der Waals surface area contributed by atoms with Crippen molar-refractivity contribution in [2.24, 2.45) is 0 Å². The summed E-state index contributed by atoms with van der Waals surface area (Å²) in [5.74, 6) is 0. The number of nitrogens with zero attached hydrogens (tertiary/aromatic N) is 2. The highest BCUT2D eigenvalue weighted by atomic mass is 79.9. The van der Waals surface area contributed by atoms with E-state index in [1.807, 2.05) is 12.4 Å². The lowest BCUT2D eigenvalue weighted by Gasteiger charge is -2.32. The van der Waals surface area contributed by atoms with Crippen molar-refractivity contribution in [2.45, 2.75) is 45.1 Å². The minimum atomic E-state index is 0.696. The van der Waals surface area contributed by atoms with Gasteiger partial charge in [0.25, 0.3) is 0 Å². The lowest BCUT2D eigenvalue weighted by atomic mass is 10.1. The molecule has 0 spiro atoms. The van der Waals surface area contributed by atoms with Gasteiger partial charge >= 0.3 is 0 Å². The van der Waals surface area contributed by atoms with Crippen molar-refractivity contribution in [3.63, 3.8) is 0 Å². The van der Waals surface area contributed by atoms with E-state index >= 15 is 0 Å². The van der Waals surface area contributed by atoms with Crippen LogP contribution in [0.4, 0.5) is 5.69 Å². The molecule has 1 saturated heterocycles. The molecule has 1 aromatic rings. The molecular weight excluding hydrogens is 264 g/mol. The molecule has 1 aromatic heterocycles. The summed E-state index contributed by atoms with van der Waals surface area (Å²) in [5, 5.41) is 0. The zero-order valence-corrected chi connectivity index (χ0v) is 11.4. The Bertz CT molecular complexity index is 340. The van der Waals surface area contributed by atoms with Gasteiger partial charge in [-0.25, -0.2) is 0 Å². The molecule has 0 amide bonds. The highest BCUT2D eigenvalue weighted by Crippen LogP contribution is 2.30. The van der Waals surface area contributed by atoms with Crippen molar-refractivity contribution in [3.05, 3.63) is 22.9 Å². The van der Waals surface area contributed by atoms with E-state index in [-0.39, 0.29) is 0 Å². The van der Waals surface area contributed by atoms with Crippen LogP contribution in [0.25, 0.3) is 0 Å². The van der Waals surface area contributed by atoms with Crippen LogP contribution in [-0.4, -0.2) is 17.6 Å². The fourth-order valence-corrected chi connectivity index (χ4v) is 3.00. The van der Waals surface area contributed by atoms with Crippen LogP contribution < -0.4 is 4.90 Å². The van der Waals surface area contributed by atoms with Crippen LogP contribution in [0.5, 0.6) is 0 Å². The van der Waals surface area contributed by atoms with Gasteiger partial charge in [0.1, 0.15) is 0 Å². The van der Waals surface area contributed by atoms with Gasteiger partial charge in [-0.1, -0.05) is 19.8 Å². The van der Waals surface area contributed by atoms with E-state index in [9.17, 15) is 0 Å². The minimum Gasteiger partial charge on any atom is -0.368 e. The maximum absolute atomic E-state index is 4.14. The fourth-order valence-electron chi connectivity index (χ4n) is 2.52. The highest BCUT2D eigenvalue weighted by Gasteiger charge is 2.21. The lowest BCUT2D eigenvalue weighted by molar-refractivity contribution is 0.555. The van der Waals surface area contributed by atoms with E-state index in [4.69, 9.17) is 0 Å². The molecule has 3 heteroatoms. The summed E-state index contributed by atoms with van der Waals surface area (Å²) in [5.41, 5.74) is 1.31. The van der Waals surface area contributed by atoms with Gasteiger partial charge in [0, 0.05) is 25.0 Å². The van der Waals surface area contributed by atoms with Crippen LogP contribution in [0, 0.1) is 0 Å². The van der Waals surface area contributed by atoms with Gasteiger partial charge in [-0.05, 0) is 41.3 Å². The predicted molar refractivity (Wildman–Crippen MR) is 71.8 cm³/mol. The number of hydrogen-bond donors (Lipinski definition) is 0. The number of anilines is 1. The van der Waals surface area contributed by atoms with Crippen LogP contribution in [0.2, 0.25) is 0 Å². The van der Waals surface area contributed by atoms with Crippen LogP contribution in [0.1, 0.15) is 39.0 Å².